The summed E-state index contributed by atoms with van der Waals surface area (Å²) in [7, 11) is 1.63. The van der Waals surface area contributed by atoms with Crippen LogP contribution in [0.25, 0.3) is 0 Å². The number of benzene rings is 1. The molecule has 0 aromatic heterocycles. The SMILES string of the molecule is COc1ccc(OCCC(=O)N2CCN([C@@H]3CCC[C@@H]3O)CC2)cc1. The number of carbonyl (C=O) groups excluding carboxylic acids is 1. The van der Waals surface area contributed by atoms with Crippen molar-refractivity contribution in [1.82, 2.24) is 9.80 Å². The Hall–Kier alpha value is -1.79. The monoisotopic (exact) mass is 348 g/mol. The van der Waals surface area contributed by atoms with Gasteiger partial charge in [0, 0.05) is 32.2 Å². The zero-order valence-corrected chi connectivity index (χ0v) is 14.9. The Kier molecular flexibility index (Phi) is 6.15. The number of hydrogen-bond donors (Lipinski definition) is 1. The van der Waals surface area contributed by atoms with Crippen molar-refractivity contribution >= 4 is 5.91 Å². The summed E-state index contributed by atoms with van der Waals surface area (Å²) in [6.45, 7) is 3.57. The third-order valence-electron chi connectivity index (χ3n) is 5.22. The molecular weight excluding hydrogens is 320 g/mol. The van der Waals surface area contributed by atoms with Gasteiger partial charge in [-0.3, -0.25) is 9.69 Å². The number of methoxy groups -OCH3 is 1. The van der Waals surface area contributed by atoms with E-state index < -0.39 is 0 Å². The number of amides is 1. The smallest absolute Gasteiger partial charge is 0.226 e. The van der Waals surface area contributed by atoms with Gasteiger partial charge in [0.25, 0.3) is 0 Å². The molecule has 1 saturated heterocycles. The summed E-state index contributed by atoms with van der Waals surface area (Å²) in [5.74, 6) is 1.67. The first-order valence-corrected chi connectivity index (χ1v) is 9.14. The summed E-state index contributed by atoms with van der Waals surface area (Å²) >= 11 is 0. The van der Waals surface area contributed by atoms with Crippen molar-refractivity contribution < 1.29 is 19.4 Å². The van der Waals surface area contributed by atoms with Crippen LogP contribution in [0.3, 0.4) is 0 Å². The van der Waals surface area contributed by atoms with E-state index in [1.807, 2.05) is 29.2 Å². The largest absolute Gasteiger partial charge is 0.497 e. The van der Waals surface area contributed by atoms with Gasteiger partial charge in [-0.1, -0.05) is 0 Å². The van der Waals surface area contributed by atoms with Crippen LogP contribution in [0.4, 0.5) is 0 Å². The van der Waals surface area contributed by atoms with E-state index in [1.165, 1.54) is 0 Å². The number of carbonyl (C=O) groups is 1. The summed E-state index contributed by atoms with van der Waals surface area (Å²) < 4.78 is 10.7. The maximum atomic E-state index is 12.3. The number of aliphatic hydroxyl groups excluding tert-OH is 1. The first kappa shape index (κ1) is 18.0. The van der Waals surface area contributed by atoms with Gasteiger partial charge in [0.2, 0.25) is 5.91 Å². The van der Waals surface area contributed by atoms with Crippen LogP contribution in [0, 0.1) is 0 Å². The molecule has 1 heterocycles. The Morgan fingerprint density at radius 2 is 1.80 bits per heavy atom. The van der Waals surface area contributed by atoms with Gasteiger partial charge < -0.3 is 19.5 Å². The van der Waals surface area contributed by atoms with Crippen LogP contribution in [-0.4, -0.2) is 72.9 Å². The topological polar surface area (TPSA) is 62.2 Å². The lowest BCUT2D eigenvalue weighted by Crippen LogP contribution is -2.53. The minimum atomic E-state index is -0.194. The molecule has 1 aliphatic heterocycles. The maximum Gasteiger partial charge on any atom is 0.226 e. The molecule has 2 atom stereocenters. The van der Waals surface area contributed by atoms with Crippen molar-refractivity contribution in [2.24, 2.45) is 0 Å². The number of hydrogen-bond acceptors (Lipinski definition) is 5. The molecule has 0 unspecified atom stereocenters. The second-order valence-electron chi connectivity index (χ2n) is 6.76. The lowest BCUT2D eigenvalue weighted by atomic mass is 10.1. The summed E-state index contributed by atoms with van der Waals surface area (Å²) in [6.07, 6.45) is 3.28. The Balaban J connectivity index is 1.37. The molecule has 2 fully saturated rings. The summed E-state index contributed by atoms with van der Waals surface area (Å²) in [5.41, 5.74) is 0. The fourth-order valence-corrected chi connectivity index (χ4v) is 3.74. The number of ether oxygens (including phenoxy) is 2. The first-order chi connectivity index (χ1) is 12.2. The van der Waals surface area contributed by atoms with Crippen molar-refractivity contribution in [3.8, 4) is 11.5 Å². The van der Waals surface area contributed by atoms with E-state index in [4.69, 9.17) is 9.47 Å². The summed E-state index contributed by atoms with van der Waals surface area (Å²) in [6, 6.07) is 7.65. The van der Waals surface area contributed by atoms with Gasteiger partial charge in [0.15, 0.2) is 0 Å². The van der Waals surface area contributed by atoms with E-state index in [0.29, 0.717) is 13.0 Å². The molecule has 6 heteroatoms. The van der Waals surface area contributed by atoms with E-state index in [1.54, 1.807) is 7.11 Å². The summed E-state index contributed by atoms with van der Waals surface area (Å²) in [5, 5.41) is 10.0. The maximum absolute atomic E-state index is 12.3. The Morgan fingerprint density at radius 3 is 2.40 bits per heavy atom. The first-order valence-electron chi connectivity index (χ1n) is 9.14. The zero-order valence-electron chi connectivity index (χ0n) is 14.9. The number of aliphatic hydroxyl groups is 1. The van der Waals surface area contributed by atoms with Gasteiger partial charge in [0.1, 0.15) is 11.5 Å². The van der Waals surface area contributed by atoms with E-state index >= 15 is 0 Å². The zero-order chi connectivity index (χ0) is 17.6. The lowest BCUT2D eigenvalue weighted by molar-refractivity contribution is -0.134. The Labute approximate surface area is 149 Å². The Bertz CT molecular complexity index is 555. The molecule has 1 saturated carbocycles. The van der Waals surface area contributed by atoms with Crippen molar-refractivity contribution in [2.75, 3.05) is 39.9 Å². The second kappa shape index (κ2) is 8.54. The molecule has 6 nitrogen and oxygen atoms in total. The molecular formula is C19H28N2O4. The molecule has 1 amide bonds. The van der Waals surface area contributed by atoms with Crippen molar-refractivity contribution in [2.45, 2.75) is 37.8 Å². The van der Waals surface area contributed by atoms with Crippen LogP contribution < -0.4 is 9.47 Å². The average Bonchev–Trinajstić information content (AvgIpc) is 3.08. The van der Waals surface area contributed by atoms with E-state index in [9.17, 15) is 9.90 Å². The highest BCUT2D eigenvalue weighted by Crippen LogP contribution is 2.25. The van der Waals surface area contributed by atoms with Crippen molar-refractivity contribution in [3.05, 3.63) is 24.3 Å². The van der Waals surface area contributed by atoms with Gasteiger partial charge in [-0.05, 0) is 43.5 Å². The molecule has 0 bridgehead atoms. The van der Waals surface area contributed by atoms with Gasteiger partial charge in [-0.15, -0.1) is 0 Å². The summed E-state index contributed by atoms with van der Waals surface area (Å²) in [4.78, 5) is 16.6. The second-order valence-corrected chi connectivity index (χ2v) is 6.76. The molecule has 0 radical (unpaired) electrons. The highest BCUT2D eigenvalue weighted by atomic mass is 16.5. The normalized spacial score (nSPS) is 24.3. The molecule has 1 aliphatic carbocycles. The molecule has 1 N–H and O–H groups in total. The standard InChI is InChI=1S/C19H28N2O4/c1-24-15-5-7-16(8-6-15)25-14-9-19(23)21-12-10-20(11-13-21)17-3-2-4-18(17)22/h5-8,17-18,22H,2-4,9-14H2,1H3/t17-,18+/m1/s1. The molecule has 138 valence electrons. The highest BCUT2D eigenvalue weighted by Gasteiger charge is 2.33. The molecule has 2 aliphatic rings. The van der Waals surface area contributed by atoms with Crippen molar-refractivity contribution in [1.29, 1.82) is 0 Å². The average molecular weight is 348 g/mol. The van der Waals surface area contributed by atoms with Gasteiger partial charge in [-0.2, -0.15) is 0 Å². The van der Waals surface area contributed by atoms with Crippen LogP contribution in [0.15, 0.2) is 24.3 Å². The van der Waals surface area contributed by atoms with Crippen LogP contribution in [0.2, 0.25) is 0 Å². The molecule has 25 heavy (non-hydrogen) atoms. The number of piperazine rings is 1. The third-order valence-corrected chi connectivity index (χ3v) is 5.22. The van der Waals surface area contributed by atoms with Crippen LogP contribution in [0.1, 0.15) is 25.7 Å². The highest BCUT2D eigenvalue weighted by molar-refractivity contribution is 5.76. The van der Waals surface area contributed by atoms with E-state index in [2.05, 4.69) is 4.90 Å². The quantitative estimate of drug-likeness (QED) is 0.845. The van der Waals surface area contributed by atoms with Gasteiger partial charge in [-0.25, -0.2) is 0 Å². The molecule has 1 aromatic rings. The minimum Gasteiger partial charge on any atom is -0.497 e. The van der Waals surface area contributed by atoms with Gasteiger partial charge >= 0.3 is 0 Å². The molecule has 0 spiro atoms. The number of rotatable bonds is 6. The van der Waals surface area contributed by atoms with Crippen LogP contribution in [-0.2, 0) is 4.79 Å². The van der Waals surface area contributed by atoms with Crippen molar-refractivity contribution in [3.63, 3.8) is 0 Å². The lowest BCUT2D eigenvalue weighted by Gasteiger charge is -2.39. The fraction of sp³-hybridized carbons (Fsp3) is 0.632. The van der Waals surface area contributed by atoms with E-state index in [-0.39, 0.29) is 18.1 Å². The van der Waals surface area contributed by atoms with Crippen LogP contribution in [0.5, 0.6) is 11.5 Å². The van der Waals surface area contributed by atoms with Crippen LogP contribution >= 0.6 is 0 Å². The predicted octanol–water partition coefficient (Wildman–Crippen LogP) is 1.52. The number of nitrogens with zero attached hydrogens (tertiary/aromatic N) is 2. The predicted molar refractivity (Wildman–Crippen MR) is 94.9 cm³/mol. The van der Waals surface area contributed by atoms with Gasteiger partial charge in [0.05, 0.1) is 26.2 Å². The Morgan fingerprint density at radius 1 is 1.12 bits per heavy atom. The minimum absolute atomic E-state index is 0.139. The third kappa shape index (κ3) is 4.64. The molecule has 3 rings (SSSR count). The fourth-order valence-electron chi connectivity index (χ4n) is 3.74. The van der Waals surface area contributed by atoms with E-state index in [0.717, 1.165) is 56.9 Å². The molecule has 1 aromatic carbocycles.